The summed E-state index contributed by atoms with van der Waals surface area (Å²) in [6.07, 6.45) is 1.38. The summed E-state index contributed by atoms with van der Waals surface area (Å²) in [5.74, 6) is 0.0292. The van der Waals surface area contributed by atoms with Crippen molar-refractivity contribution in [2.75, 3.05) is 0 Å². The number of hydrogen-bond donors (Lipinski definition) is 0. The average molecular weight is 235 g/mol. The Hall–Kier alpha value is -2.35. The van der Waals surface area contributed by atoms with E-state index in [0.717, 1.165) is 11.0 Å². The van der Waals surface area contributed by atoms with Gasteiger partial charge in [0.1, 0.15) is 0 Å². The van der Waals surface area contributed by atoms with E-state index in [4.69, 9.17) is 0 Å². The molecule has 1 aromatic heterocycles. The topological polar surface area (TPSA) is 22.0 Å². The van der Waals surface area contributed by atoms with Crippen LogP contribution in [0.5, 0.6) is 0 Å². The zero-order valence-corrected chi connectivity index (χ0v) is 9.97. The molecule has 0 aliphatic carbocycles. The molecule has 2 nitrogen and oxygen atoms in total. The van der Waals surface area contributed by atoms with Gasteiger partial charge >= 0.3 is 0 Å². The molecule has 3 rings (SSSR count). The molecule has 88 valence electrons. The summed E-state index contributed by atoms with van der Waals surface area (Å²) < 4.78 is 2.05. The standard InChI is InChI=1S/C16H13NO/c1-2-12(18)11-17-15-9-5-3-7-13(15)14-8-4-6-10-16(14)17/h2-10H,1,11H2. The molecule has 2 aromatic carbocycles. The second-order valence-corrected chi connectivity index (χ2v) is 4.29. The van der Waals surface area contributed by atoms with Gasteiger partial charge in [-0.1, -0.05) is 43.0 Å². The first kappa shape index (κ1) is 10.8. The van der Waals surface area contributed by atoms with Gasteiger partial charge in [0.25, 0.3) is 0 Å². The highest BCUT2D eigenvalue weighted by molar-refractivity contribution is 6.08. The Morgan fingerprint density at radius 2 is 1.50 bits per heavy atom. The lowest BCUT2D eigenvalue weighted by molar-refractivity contribution is -0.115. The molecule has 0 spiro atoms. The van der Waals surface area contributed by atoms with E-state index in [1.807, 2.05) is 36.4 Å². The van der Waals surface area contributed by atoms with Crippen LogP contribution in [0.15, 0.2) is 61.2 Å². The average Bonchev–Trinajstić information content (AvgIpc) is 2.74. The summed E-state index contributed by atoms with van der Waals surface area (Å²) >= 11 is 0. The summed E-state index contributed by atoms with van der Waals surface area (Å²) in [5.41, 5.74) is 2.18. The van der Waals surface area contributed by atoms with Crippen LogP contribution in [-0.2, 0) is 11.3 Å². The molecular weight excluding hydrogens is 222 g/mol. The van der Waals surface area contributed by atoms with Gasteiger partial charge in [-0.15, -0.1) is 0 Å². The van der Waals surface area contributed by atoms with Crippen LogP contribution < -0.4 is 0 Å². The number of carbonyl (C=O) groups is 1. The Labute approximate surface area is 105 Å². The number of fused-ring (bicyclic) bond motifs is 3. The maximum Gasteiger partial charge on any atom is 0.174 e. The van der Waals surface area contributed by atoms with E-state index in [1.165, 1.54) is 16.8 Å². The maximum absolute atomic E-state index is 11.6. The minimum atomic E-state index is 0.0292. The molecule has 0 bridgehead atoms. The minimum absolute atomic E-state index is 0.0292. The first-order valence-corrected chi connectivity index (χ1v) is 5.92. The third-order valence-electron chi connectivity index (χ3n) is 3.22. The van der Waals surface area contributed by atoms with Crippen molar-refractivity contribution < 1.29 is 4.79 Å². The van der Waals surface area contributed by atoms with Gasteiger partial charge in [-0.2, -0.15) is 0 Å². The van der Waals surface area contributed by atoms with Crippen molar-refractivity contribution in [3.63, 3.8) is 0 Å². The van der Waals surface area contributed by atoms with E-state index in [2.05, 4.69) is 23.3 Å². The van der Waals surface area contributed by atoms with Gasteiger partial charge in [-0.3, -0.25) is 4.79 Å². The van der Waals surface area contributed by atoms with E-state index < -0.39 is 0 Å². The normalized spacial score (nSPS) is 10.9. The lowest BCUT2D eigenvalue weighted by Gasteiger charge is -2.04. The molecule has 0 saturated heterocycles. The number of rotatable bonds is 3. The first-order chi connectivity index (χ1) is 8.81. The maximum atomic E-state index is 11.6. The summed E-state index contributed by atoms with van der Waals surface area (Å²) in [6.45, 7) is 3.88. The van der Waals surface area contributed by atoms with Gasteiger partial charge in [0, 0.05) is 21.8 Å². The Balaban J connectivity index is 2.37. The zero-order chi connectivity index (χ0) is 12.5. The molecule has 0 fully saturated rings. The molecule has 0 atom stereocenters. The third kappa shape index (κ3) is 1.54. The zero-order valence-electron chi connectivity index (χ0n) is 9.97. The minimum Gasteiger partial charge on any atom is -0.333 e. The summed E-state index contributed by atoms with van der Waals surface area (Å²) in [5, 5.41) is 2.37. The van der Waals surface area contributed by atoms with Crippen LogP contribution in [-0.4, -0.2) is 10.4 Å². The molecule has 0 saturated carbocycles. The molecule has 0 N–H and O–H groups in total. The molecule has 3 aromatic rings. The molecule has 18 heavy (non-hydrogen) atoms. The van der Waals surface area contributed by atoms with E-state index >= 15 is 0 Å². The fraction of sp³-hybridized carbons (Fsp3) is 0.0625. The number of hydrogen-bond acceptors (Lipinski definition) is 1. The van der Waals surface area contributed by atoms with Crippen LogP contribution in [0.2, 0.25) is 0 Å². The third-order valence-corrected chi connectivity index (χ3v) is 3.22. The highest BCUT2D eigenvalue weighted by Gasteiger charge is 2.10. The SMILES string of the molecule is C=CC(=O)Cn1c2ccccc2c2ccccc21. The fourth-order valence-corrected chi connectivity index (χ4v) is 2.39. The fourth-order valence-electron chi connectivity index (χ4n) is 2.39. The predicted octanol–water partition coefficient (Wildman–Crippen LogP) is 3.55. The summed E-state index contributed by atoms with van der Waals surface area (Å²) in [7, 11) is 0. The van der Waals surface area contributed by atoms with Gasteiger partial charge in [0.15, 0.2) is 5.78 Å². The van der Waals surface area contributed by atoms with Crippen LogP contribution in [0.25, 0.3) is 21.8 Å². The monoisotopic (exact) mass is 235 g/mol. The Morgan fingerprint density at radius 1 is 1.00 bits per heavy atom. The second-order valence-electron chi connectivity index (χ2n) is 4.29. The number of para-hydroxylation sites is 2. The molecule has 0 amide bonds. The number of ketones is 1. The van der Waals surface area contributed by atoms with Gasteiger partial charge in [0.2, 0.25) is 0 Å². The van der Waals surface area contributed by atoms with Crippen LogP contribution in [0.1, 0.15) is 0 Å². The molecule has 0 aliphatic rings. The van der Waals surface area contributed by atoms with Crippen molar-refractivity contribution in [3.8, 4) is 0 Å². The van der Waals surface area contributed by atoms with Crippen LogP contribution in [0, 0.1) is 0 Å². The van der Waals surface area contributed by atoms with E-state index in [-0.39, 0.29) is 5.78 Å². The van der Waals surface area contributed by atoms with Gasteiger partial charge in [-0.05, 0) is 18.2 Å². The number of aromatic nitrogens is 1. The first-order valence-electron chi connectivity index (χ1n) is 5.92. The molecule has 0 aliphatic heterocycles. The number of carbonyl (C=O) groups excluding carboxylic acids is 1. The van der Waals surface area contributed by atoms with Crippen molar-refractivity contribution in [2.45, 2.75) is 6.54 Å². The smallest absolute Gasteiger partial charge is 0.174 e. The number of nitrogens with zero attached hydrogens (tertiary/aromatic N) is 1. The van der Waals surface area contributed by atoms with Crippen molar-refractivity contribution in [1.82, 2.24) is 4.57 Å². The van der Waals surface area contributed by atoms with Crippen molar-refractivity contribution in [1.29, 1.82) is 0 Å². The second kappa shape index (κ2) is 4.15. The molecule has 0 unspecified atom stereocenters. The van der Waals surface area contributed by atoms with E-state index in [1.54, 1.807) is 0 Å². The summed E-state index contributed by atoms with van der Waals surface area (Å²) in [4.78, 5) is 11.6. The van der Waals surface area contributed by atoms with Crippen LogP contribution in [0.4, 0.5) is 0 Å². The van der Waals surface area contributed by atoms with Crippen molar-refractivity contribution >= 4 is 27.6 Å². The Morgan fingerprint density at radius 3 is 2.00 bits per heavy atom. The van der Waals surface area contributed by atoms with Gasteiger partial charge in [-0.25, -0.2) is 0 Å². The lowest BCUT2D eigenvalue weighted by atomic mass is 10.2. The Bertz CT molecular complexity index is 699. The molecule has 0 radical (unpaired) electrons. The number of benzene rings is 2. The van der Waals surface area contributed by atoms with Gasteiger partial charge in [0.05, 0.1) is 6.54 Å². The lowest BCUT2D eigenvalue weighted by Crippen LogP contribution is -2.06. The van der Waals surface area contributed by atoms with E-state index in [0.29, 0.717) is 6.54 Å². The molecule has 2 heteroatoms. The highest BCUT2D eigenvalue weighted by Crippen LogP contribution is 2.28. The number of allylic oxidation sites excluding steroid dienone is 1. The Kier molecular flexibility index (Phi) is 2.49. The largest absolute Gasteiger partial charge is 0.333 e. The van der Waals surface area contributed by atoms with Gasteiger partial charge < -0.3 is 4.57 Å². The van der Waals surface area contributed by atoms with Crippen LogP contribution in [0.3, 0.4) is 0 Å². The molecular formula is C16H13NO. The molecule has 1 heterocycles. The van der Waals surface area contributed by atoms with Crippen LogP contribution >= 0.6 is 0 Å². The van der Waals surface area contributed by atoms with E-state index in [9.17, 15) is 4.79 Å². The predicted molar refractivity (Wildman–Crippen MR) is 74.6 cm³/mol. The quantitative estimate of drug-likeness (QED) is 0.636. The van der Waals surface area contributed by atoms with Crippen molar-refractivity contribution in [2.24, 2.45) is 0 Å². The van der Waals surface area contributed by atoms with Crippen molar-refractivity contribution in [3.05, 3.63) is 61.2 Å². The summed E-state index contributed by atoms with van der Waals surface area (Å²) in [6, 6.07) is 16.3. The highest BCUT2D eigenvalue weighted by atomic mass is 16.1.